The molecule has 0 spiro atoms. The second-order valence-corrected chi connectivity index (χ2v) is 6.05. The van der Waals surface area contributed by atoms with Crippen LogP contribution in [-0.2, 0) is 9.47 Å². The number of ether oxygens (including phenoxy) is 5. The molecule has 0 aliphatic carbocycles. The molecule has 0 radical (unpaired) electrons. The Kier molecular flexibility index (Phi) is 6.20. The molecule has 6 heteroatoms. The Morgan fingerprint density at radius 1 is 1.04 bits per heavy atom. The average molecular weight is 359 g/mol. The molecule has 0 amide bonds. The minimum absolute atomic E-state index is 0.238. The molecule has 1 aliphatic rings. The summed E-state index contributed by atoms with van der Waals surface area (Å²) in [6.07, 6.45) is 2.30. The summed E-state index contributed by atoms with van der Waals surface area (Å²) < 4.78 is 28.7. The van der Waals surface area contributed by atoms with Crippen LogP contribution in [-0.4, -0.2) is 26.3 Å². The van der Waals surface area contributed by atoms with Crippen molar-refractivity contribution in [1.82, 2.24) is 0 Å². The van der Waals surface area contributed by atoms with Gasteiger partial charge in [0.15, 0.2) is 35.6 Å². The molecule has 0 bridgehead atoms. The highest BCUT2D eigenvalue weighted by Gasteiger charge is 2.20. The SMILES string of the molecule is COc1ccccc1Oc1c(N)cccc1OC(C)OC1CCCCO1. The number of rotatable bonds is 7. The highest BCUT2D eigenvalue weighted by Crippen LogP contribution is 2.40. The Balaban J connectivity index is 1.74. The minimum atomic E-state index is -0.500. The Morgan fingerprint density at radius 2 is 1.81 bits per heavy atom. The molecule has 0 saturated carbocycles. The van der Waals surface area contributed by atoms with Gasteiger partial charge >= 0.3 is 0 Å². The zero-order valence-corrected chi connectivity index (χ0v) is 15.1. The van der Waals surface area contributed by atoms with Crippen molar-refractivity contribution in [1.29, 1.82) is 0 Å². The predicted molar refractivity (Wildman–Crippen MR) is 98.7 cm³/mol. The maximum Gasteiger partial charge on any atom is 0.199 e. The van der Waals surface area contributed by atoms with Crippen LogP contribution >= 0.6 is 0 Å². The molecule has 1 aliphatic heterocycles. The number of nitrogen functional groups attached to an aromatic ring is 1. The summed E-state index contributed by atoms with van der Waals surface area (Å²) in [6, 6.07) is 12.7. The molecule has 26 heavy (non-hydrogen) atoms. The van der Waals surface area contributed by atoms with Gasteiger partial charge in [-0.25, -0.2) is 0 Å². The van der Waals surface area contributed by atoms with Crippen LogP contribution in [0.15, 0.2) is 42.5 Å². The van der Waals surface area contributed by atoms with Crippen molar-refractivity contribution in [2.24, 2.45) is 0 Å². The maximum atomic E-state index is 6.11. The van der Waals surface area contributed by atoms with E-state index in [4.69, 9.17) is 29.4 Å². The fraction of sp³-hybridized carbons (Fsp3) is 0.400. The molecule has 2 aromatic carbocycles. The molecule has 1 heterocycles. The van der Waals surface area contributed by atoms with Gasteiger partial charge < -0.3 is 29.4 Å². The van der Waals surface area contributed by atoms with Gasteiger partial charge in [-0.3, -0.25) is 0 Å². The lowest BCUT2D eigenvalue weighted by Crippen LogP contribution is -2.29. The second kappa shape index (κ2) is 8.78. The molecule has 1 fully saturated rings. The van der Waals surface area contributed by atoms with Crippen LogP contribution in [0.3, 0.4) is 0 Å². The third kappa shape index (κ3) is 4.59. The molecular formula is C20H25NO5. The van der Waals surface area contributed by atoms with Crippen LogP contribution in [0.25, 0.3) is 0 Å². The molecule has 6 nitrogen and oxygen atoms in total. The number of methoxy groups -OCH3 is 1. The first kappa shape index (κ1) is 18.4. The first-order valence-corrected chi connectivity index (χ1v) is 8.80. The Bertz CT molecular complexity index is 715. The normalized spacial score (nSPS) is 18.2. The largest absolute Gasteiger partial charge is 0.493 e. The number of nitrogens with two attached hydrogens (primary N) is 1. The average Bonchev–Trinajstić information content (AvgIpc) is 2.65. The summed E-state index contributed by atoms with van der Waals surface area (Å²) in [5, 5.41) is 0. The van der Waals surface area contributed by atoms with E-state index < -0.39 is 6.29 Å². The molecule has 2 N–H and O–H groups in total. The summed E-state index contributed by atoms with van der Waals surface area (Å²) in [5.74, 6) is 2.10. The number of hydrogen-bond acceptors (Lipinski definition) is 6. The van der Waals surface area contributed by atoms with Crippen LogP contribution in [0, 0.1) is 0 Å². The quantitative estimate of drug-likeness (QED) is 0.586. The van der Waals surface area contributed by atoms with Crippen molar-refractivity contribution < 1.29 is 23.7 Å². The molecule has 1 saturated heterocycles. The van der Waals surface area contributed by atoms with Gasteiger partial charge in [0.05, 0.1) is 12.8 Å². The lowest BCUT2D eigenvalue weighted by Gasteiger charge is -2.26. The van der Waals surface area contributed by atoms with Crippen molar-refractivity contribution >= 4 is 5.69 Å². The van der Waals surface area contributed by atoms with E-state index in [9.17, 15) is 0 Å². The van der Waals surface area contributed by atoms with E-state index in [0.29, 0.717) is 28.7 Å². The lowest BCUT2D eigenvalue weighted by molar-refractivity contribution is -0.225. The van der Waals surface area contributed by atoms with Gasteiger partial charge in [-0.15, -0.1) is 0 Å². The fourth-order valence-electron chi connectivity index (χ4n) is 2.79. The van der Waals surface area contributed by atoms with E-state index >= 15 is 0 Å². The third-order valence-electron chi connectivity index (χ3n) is 4.06. The van der Waals surface area contributed by atoms with Crippen molar-refractivity contribution in [3.63, 3.8) is 0 Å². The van der Waals surface area contributed by atoms with Crippen LogP contribution in [0.1, 0.15) is 26.2 Å². The van der Waals surface area contributed by atoms with Crippen molar-refractivity contribution in [3.8, 4) is 23.0 Å². The summed E-state index contributed by atoms with van der Waals surface area (Å²) in [5.41, 5.74) is 6.58. The molecule has 3 rings (SSSR count). The van der Waals surface area contributed by atoms with E-state index in [1.54, 1.807) is 19.2 Å². The molecule has 2 aromatic rings. The highest BCUT2D eigenvalue weighted by atomic mass is 16.8. The van der Waals surface area contributed by atoms with Crippen LogP contribution in [0.5, 0.6) is 23.0 Å². The van der Waals surface area contributed by atoms with E-state index in [2.05, 4.69) is 0 Å². The Hall–Kier alpha value is -2.44. The van der Waals surface area contributed by atoms with Crippen molar-refractivity contribution in [2.75, 3.05) is 19.5 Å². The van der Waals surface area contributed by atoms with Gasteiger partial charge in [-0.05, 0) is 50.5 Å². The summed E-state index contributed by atoms with van der Waals surface area (Å²) in [6.45, 7) is 2.55. The molecule has 140 valence electrons. The fourth-order valence-corrected chi connectivity index (χ4v) is 2.79. The summed E-state index contributed by atoms with van der Waals surface area (Å²) in [7, 11) is 1.59. The van der Waals surface area contributed by atoms with Crippen molar-refractivity contribution in [2.45, 2.75) is 38.8 Å². The third-order valence-corrected chi connectivity index (χ3v) is 4.06. The Morgan fingerprint density at radius 3 is 2.54 bits per heavy atom. The first-order valence-electron chi connectivity index (χ1n) is 8.80. The predicted octanol–water partition coefficient (Wildman–Crippen LogP) is 4.34. The highest BCUT2D eigenvalue weighted by molar-refractivity contribution is 5.62. The maximum absolute atomic E-state index is 6.11. The second-order valence-electron chi connectivity index (χ2n) is 6.05. The van der Waals surface area contributed by atoms with E-state index in [1.165, 1.54) is 0 Å². The van der Waals surface area contributed by atoms with Gasteiger partial charge in [0.1, 0.15) is 0 Å². The summed E-state index contributed by atoms with van der Waals surface area (Å²) >= 11 is 0. The number of hydrogen-bond donors (Lipinski definition) is 1. The van der Waals surface area contributed by atoms with E-state index in [0.717, 1.165) is 25.9 Å². The van der Waals surface area contributed by atoms with Gasteiger partial charge in [-0.1, -0.05) is 18.2 Å². The molecule has 0 aromatic heterocycles. The topological polar surface area (TPSA) is 72.2 Å². The smallest absolute Gasteiger partial charge is 0.199 e. The number of anilines is 1. The van der Waals surface area contributed by atoms with E-state index in [-0.39, 0.29) is 6.29 Å². The monoisotopic (exact) mass is 359 g/mol. The molecule has 2 atom stereocenters. The lowest BCUT2D eigenvalue weighted by atomic mass is 10.2. The standard InChI is InChI=1S/C20H25NO5/c1-14(25-19-12-5-6-13-23-19)24-18-11-7-8-15(21)20(18)26-17-10-4-3-9-16(17)22-2/h3-4,7-11,14,19H,5-6,12-13,21H2,1-2H3. The molecular weight excluding hydrogens is 334 g/mol. The van der Waals surface area contributed by atoms with Gasteiger partial charge in [0.2, 0.25) is 0 Å². The van der Waals surface area contributed by atoms with Crippen molar-refractivity contribution in [3.05, 3.63) is 42.5 Å². The minimum Gasteiger partial charge on any atom is -0.493 e. The van der Waals surface area contributed by atoms with Gasteiger partial charge in [0, 0.05) is 6.61 Å². The number of benzene rings is 2. The van der Waals surface area contributed by atoms with Crippen LogP contribution < -0.4 is 19.9 Å². The first-order chi connectivity index (χ1) is 12.7. The van der Waals surface area contributed by atoms with Crippen LogP contribution in [0.4, 0.5) is 5.69 Å². The zero-order chi connectivity index (χ0) is 18.4. The van der Waals surface area contributed by atoms with Gasteiger partial charge in [-0.2, -0.15) is 0 Å². The summed E-state index contributed by atoms with van der Waals surface area (Å²) in [4.78, 5) is 0. The van der Waals surface area contributed by atoms with E-state index in [1.807, 2.05) is 37.3 Å². The Labute approximate surface area is 153 Å². The van der Waals surface area contributed by atoms with Gasteiger partial charge in [0.25, 0.3) is 0 Å². The van der Waals surface area contributed by atoms with Crippen LogP contribution in [0.2, 0.25) is 0 Å². The zero-order valence-electron chi connectivity index (χ0n) is 15.1. The number of para-hydroxylation sites is 3. The molecule has 2 unspecified atom stereocenters.